The van der Waals surface area contributed by atoms with Gasteiger partial charge in [0.1, 0.15) is 0 Å². The SMILES string of the molecule is CC1(C(=O)N2CCN(c3nc4ccccc4s3)CC2)CC=CCC1. The van der Waals surface area contributed by atoms with Gasteiger partial charge in [0.15, 0.2) is 5.13 Å². The Kier molecular flexibility index (Phi) is 4.04. The molecule has 1 fully saturated rings. The molecule has 2 heterocycles. The highest BCUT2D eigenvalue weighted by molar-refractivity contribution is 7.22. The standard InChI is InChI=1S/C19H23N3OS/c1-19(9-5-2-6-10-19)17(23)21-11-13-22(14-12-21)18-20-15-7-3-4-8-16(15)24-18/h2-5,7-8H,6,9-14H2,1H3. The van der Waals surface area contributed by atoms with Gasteiger partial charge in [-0.15, -0.1) is 0 Å². The maximum absolute atomic E-state index is 12.9. The quantitative estimate of drug-likeness (QED) is 0.782. The van der Waals surface area contributed by atoms with Crippen LogP contribution in [0.1, 0.15) is 26.2 Å². The molecule has 0 radical (unpaired) electrons. The zero-order chi connectivity index (χ0) is 16.6. The number of allylic oxidation sites excluding steroid dienone is 2. The molecule has 2 aromatic rings. The number of hydrogen-bond donors (Lipinski definition) is 0. The van der Waals surface area contributed by atoms with Crippen LogP contribution in [0.4, 0.5) is 5.13 Å². The van der Waals surface area contributed by atoms with Crippen molar-refractivity contribution < 1.29 is 4.79 Å². The van der Waals surface area contributed by atoms with Gasteiger partial charge >= 0.3 is 0 Å². The van der Waals surface area contributed by atoms with Crippen molar-refractivity contribution in [3.8, 4) is 0 Å². The van der Waals surface area contributed by atoms with Crippen LogP contribution in [-0.4, -0.2) is 42.0 Å². The van der Waals surface area contributed by atoms with E-state index in [1.54, 1.807) is 11.3 Å². The van der Waals surface area contributed by atoms with Gasteiger partial charge in [-0.25, -0.2) is 4.98 Å². The van der Waals surface area contributed by atoms with Crippen LogP contribution >= 0.6 is 11.3 Å². The summed E-state index contributed by atoms with van der Waals surface area (Å²) in [5, 5.41) is 1.08. The van der Waals surface area contributed by atoms with Crippen molar-refractivity contribution in [2.75, 3.05) is 31.1 Å². The molecular formula is C19H23N3OS. The molecule has 5 heteroatoms. The molecular weight excluding hydrogens is 318 g/mol. The first kappa shape index (κ1) is 15.6. The number of para-hydroxylation sites is 1. The van der Waals surface area contributed by atoms with Gasteiger partial charge in [-0.3, -0.25) is 4.79 Å². The van der Waals surface area contributed by atoms with Gasteiger partial charge in [0.25, 0.3) is 0 Å². The smallest absolute Gasteiger partial charge is 0.228 e. The lowest BCUT2D eigenvalue weighted by molar-refractivity contribution is -0.142. The minimum Gasteiger partial charge on any atom is -0.345 e. The first-order valence-electron chi connectivity index (χ1n) is 8.71. The number of fused-ring (bicyclic) bond motifs is 1. The predicted octanol–water partition coefficient (Wildman–Crippen LogP) is 3.69. The Labute approximate surface area is 146 Å². The number of carbonyl (C=O) groups excluding carboxylic acids is 1. The van der Waals surface area contributed by atoms with E-state index in [2.05, 4.69) is 47.1 Å². The van der Waals surface area contributed by atoms with E-state index in [-0.39, 0.29) is 5.41 Å². The summed E-state index contributed by atoms with van der Waals surface area (Å²) >= 11 is 1.74. The number of carbonyl (C=O) groups is 1. The molecule has 1 aliphatic heterocycles. The minimum absolute atomic E-state index is 0.202. The fourth-order valence-electron chi connectivity index (χ4n) is 3.64. The Balaban J connectivity index is 1.43. The van der Waals surface area contributed by atoms with E-state index < -0.39 is 0 Å². The zero-order valence-electron chi connectivity index (χ0n) is 14.1. The maximum atomic E-state index is 12.9. The fourth-order valence-corrected chi connectivity index (χ4v) is 4.65. The number of nitrogens with zero attached hydrogens (tertiary/aromatic N) is 3. The predicted molar refractivity (Wildman–Crippen MR) is 99.5 cm³/mol. The molecule has 4 rings (SSSR count). The first-order valence-corrected chi connectivity index (χ1v) is 9.52. The van der Waals surface area contributed by atoms with Crippen LogP contribution in [0.25, 0.3) is 10.2 Å². The molecule has 2 aliphatic rings. The summed E-state index contributed by atoms with van der Waals surface area (Å²) in [4.78, 5) is 22.0. The molecule has 0 N–H and O–H groups in total. The van der Waals surface area contributed by atoms with Crippen LogP contribution in [0.15, 0.2) is 36.4 Å². The van der Waals surface area contributed by atoms with Crippen LogP contribution < -0.4 is 4.90 Å². The Morgan fingerprint density at radius 3 is 2.67 bits per heavy atom. The van der Waals surface area contributed by atoms with Crippen LogP contribution in [0, 0.1) is 5.41 Å². The topological polar surface area (TPSA) is 36.4 Å². The molecule has 1 amide bonds. The summed E-state index contributed by atoms with van der Waals surface area (Å²) < 4.78 is 1.23. The van der Waals surface area contributed by atoms with Crippen LogP contribution in [-0.2, 0) is 4.79 Å². The molecule has 126 valence electrons. The minimum atomic E-state index is -0.202. The number of aromatic nitrogens is 1. The Bertz CT molecular complexity index is 743. The second-order valence-electron chi connectivity index (χ2n) is 7.02. The lowest BCUT2D eigenvalue weighted by atomic mass is 9.77. The second-order valence-corrected chi connectivity index (χ2v) is 8.03. The van der Waals surface area contributed by atoms with Gasteiger partial charge in [0, 0.05) is 26.2 Å². The normalized spacial score (nSPS) is 24.5. The summed E-state index contributed by atoms with van der Waals surface area (Å²) in [5.41, 5.74) is 0.866. The molecule has 1 saturated heterocycles. The van der Waals surface area contributed by atoms with E-state index in [9.17, 15) is 4.79 Å². The highest BCUT2D eigenvalue weighted by Crippen LogP contribution is 2.35. The number of hydrogen-bond acceptors (Lipinski definition) is 4. The first-order chi connectivity index (χ1) is 11.7. The van der Waals surface area contributed by atoms with Gasteiger partial charge in [0.05, 0.1) is 15.6 Å². The van der Waals surface area contributed by atoms with E-state index in [1.807, 2.05) is 6.07 Å². The van der Waals surface area contributed by atoms with Gasteiger partial charge in [-0.05, 0) is 31.4 Å². The highest BCUT2D eigenvalue weighted by Gasteiger charge is 2.37. The van der Waals surface area contributed by atoms with Crippen molar-refractivity contribution in [3.05, 3.63) is 36.4 Å². The van der Waals surface area contributed by atoms with Crippen molar-refractivity contribution >= 4 is 32.6 Å². The number of amides is 1. The van der Waals surface area contributed by atoms with Gasteiger partial charge < -0.3 is 9.80 Å². The van der Waals surface area contributed by atoms with Crippen LogP contribution in [0.3, 0.4) is 0 Å². The summed E-state index contributed by atoms with van der Waals surface area (Å²) in [7, 11) is 0. The van der Waals surface area contributed by atoms with Crippen LogP contribution in [0.5, 0.6) is 0 Å². The van der Waals surface area contributed by atoms with Gasteiger partial charge in [0.2, 0.25) is 5.91 Å². The largest absolute Gasteiger partial charge is 0.345 e. The van der Waals surface area contributed by atoms with E-state index in [0.717, 1.165) is 56.1 Å². The van der Waals surface area contributed by atoms with Gasteiger partial charge in [-0.1, -0.05) is 42.5 Å². The fraction of sp³-hybridized carbons (Fsp3) is 0.474. The Morgan fingerprint density at radius 1 is 1.17 bits per heavy atom. The third-order valence-electron chi connectivity index (χ3n) is 5.23. The van der Waals surface area contributed by atoms with E-state index in [0.29, 0.717) is 5.91 Å². The van der Waals surface area contributed by atoms with E-state index in [4.69, 9.17) is 4.98 Å². The molecule has 1 aromatic heterocycles. The monoisotopic (exact) mass is 341 g/mol. The number of thiazole rings is 1. The number of anilines is 1. The number of rotatable bonds is 2. The molecule has 0 spiro atoms. The number of benzene rings is 1. The molecule has 1 aromatic carbocycles. The Morgan fingerprint density at radius 2 is 1.96 bits per heavy atom. The average Bonchev–Trinajstić information content (AvgIpc) is 3.06. The van der Waals surface area contributed by atoms with Gasteiger partial charge in [-0.2, -0.15) is 0 Å². The molecule has 4 nitrogen and oxygen atoms in total. The lowest BCUT2D eigenvalue weighted by Gasteiger charge is -2.40. The van der Waals surface area contributed by atoms with Crippen molar-refractivity contribution in [1.29, 1.82) is 0 Å². The van der Waals surface area contributed by atoms with E-state index in [1.165, 1.54) is 4.70 Å². The summed E-state index contributed by atoms with van der Waals surface area (Å²) in [6.45, 7) is 5.47. The van der Waals surface area contributed by atoms with Crippen molar-refractivity contribution in [2.24, 2.45) is 5.41 Å². The lowest BCUT2D eigenvalue weighted by Crippen LogP contribution is -2.52. The van der Waals surface area contributed by atoms with Crippen molar-refractivity contribution in [1.82, 2.24) is 9.88 Å². The summed E-state index contributed by atoms with van der Waals surface area (Å²) in [6.07, 6.45) is 7.23. The molecule has 1 atom stereocenters. The highest BCUT2D eigenvalue weighted by atomic mass is 32.1. The second kappa shape index (κ2) is 6.20. The molecule has 24 heavy (non-hydrogen) atoms. The molecule has 1 unspecified atom stereocenters. The summed E-state index contributed by atoms with van der Waals surface area (Å²) in [5.74, 6) is 0.329. The molecule has 1 aliphatic carbocycles. The Hall–Kier alpha value is -1.88. The third kappa shape index (κ3) is 2.81. The van der Waals surface area contributed by atoms with Crippen molar-refractivity contribution in [3.63, 3.8) is 0 Å². The third-order valence-corrected chi connectivity index (χ3v) is 6.33. The van der Waals surface area contributed by atoms with E-state index >= 15 is 0 Å². The van der Waals surface area contributed by atoms with Crippen molar-refractivity contribution in [2.45, 2.75) is 26.2 Å². The average molecular weight is 341 g/mol. The number of piperazine rings is 1. The maximum Gasteiger partial charge on any atom is 0.228 e. The van der Waals surface area contributed by atoms with Crippen LogP contribution in [0.2, 0.25) is 0 Å². The summed E-state index contributed by atoms with van der Waals surface area (Å²) in [6, 6.07) is 8.27. The zero-order valence-corrected chi connectivity index (χ0v) is 14.9. The molecule has 0 saturated carbocycles. The molecule has 0 bridgehead atoms.